The fraction of sp³-hybridized carbons (Fsp3) is 0.400. The quantitative estimate of drug-likeness (QED) is 0.370. The van der Waals surface area contributed by atoms with Gasteiger partial charge in [0.1, 0.15) is 16.3 Å². The van der Waals surface area contributed by atoms with Crippen molar-refractivity contribution in [2.45, 2.75) is 33.2 Å². The van der Waals surface area contributed by atoms with E-state index in [0.717, 1.165) is 0 Å². The monoisotopic (exact) mass is 290 g/mol. The maximum Gasteiger partial charge on any atom is 0.348 e. The second-order valence-electron chi connectivity index (χ2n) is 5.20. The Bertz CT molecular complexity index is 630. The third kappa shape index (κ3) is 3.78. The van der Waals surface area contributed by atoms with Crippen LogP contribution in [0, 0.1) is 16.0 Å². The second-order valence-corrected chi connectivity index (χ2v) is 5.59. The van der Waals surface area contributed by atoms with Gasteiger partial charge in [0.2, 0.25) is 0 Å². The number of carbonyl (C=O) groups is 1. The van der Waals surface area contributed by atoms with E-state index >= 15 is 0 Å². The maximum absolute atomic E-state index is 11.6. The number of nitrogens with zero attached hydrogens (tertiary/aromatic N) is 2. The predicted octanol–water partition coefficient (Wildman–Crippen LogP) is 3.44. The third-order valence-corrected chi connectivity index (χ3v) is 3.05. The van der Waals surface area contributed by atoms with Gasteiger partial charge in [-0.1, -0.05) is 18.3 Å². The predicted molar refractivity (Wildman–Crippen MR) is 80.5 cm³/mol. The van der Waals surface area contributed by atoms with Gasteiger partial charge < -0.3 is 9.30 Å². The van der Waals surface area contributed by atoms with Crippen LogP contribution in [0.4, 0.5) is 0 Å². The average Bonchev–Trinajstić information content (AvgIpc) is 2.36. The molecule has 20 heavy (non-hydrogen) atoms. The summed E-state index contributed by atoms with van der Waals surface area (Å²) in [5, 5.41) is 9.04. The number of rotatable bonds is 3. The van der Waals surface area contributed by atoms with Gasteiger partial charge in [0.15, 0.2) is 0 Å². The molecule has 5 heteroatoms. The van der Waals surface area contributed by atoms with Gasteiger partial charge in [-0.05, 0) is 39.8 Å². The number of esters is 1. The lowest BCUT2D eigenvalue weighted by Gasteiger charge is -2.24. The van der Waals surface area contributed by atoms with Crippen LogP contribution in [-0.2, 0) is 15.1 Å². The molecular formula is C15H18N2O2S. The van der Waals surface area contributed by atoms with Crippen molar-refractivity contribution in [3.63, 3.8) is 0 Å². The molecule has 1 rings (SSSR count). The first-order chi connectivity index (χ1) is 9.31. The molecule has 0 bridgehead atoms. The highest BCUT2D eigenvalue weighted by molar-refractivity contribution is 7.71. The van der Waals surface area contributed by atoms with E-state index in [1.807, 2.05) is 43.7 Å². The van der Waals surface area contributed by atoms with Gasteiger partial charge in [0, 0.05) is 17.3 Å². The minimum atomic E-state index is -0.629. The summed E-state index contributed by atoms with van der Waals surface area (Å²) in [6.07, 6.45) is 3.36. The molecule has 1 aromatic heterocycles. The number of nitriles is 1. The van der Waals surface area contributed by atoms with Crippen LogP contribution < -0.4 is 0 Å². The number of carbonyl (C=O) groups excluding carboxylic acids is 1. The van der Waals surface area contributed by atoms with Crippen LogP contribution in [0.5, 0.6) is 0 Å². The molecule has 0 unspecified atom stereocenters. The second kappa shape index (κ2) is 6.49. The van der Waals surface area contributed by atoms with Crippen LogP contribution in [0.3, 0.4) is 0 Å². The minimum absolute atomic E-state index is 0.0513. The molecule has 0 atom stereocenters. The topological polar surface area (TPSA) is 55.0 Å². The molecule has 0 fully saturated rings. The Morgan fingerprint density at radius 1 is 1.55 bits per heavy atom. The lowest BCUT2D eigenvalue weighted by molar-refractivity contribution is -0.137. The van der Waals surface area contributed by atoms with Gasteiger partial charge in [0.05, 0.1) is 6.61 Å². The zero-order chi connectivity index (χ0) is 15.3. The number of hydrogen-bond donors (Lipinski definition) is 0. The van der Waals surface area contributed by atoms with Gasteiger partial charge >= 0.3 is 5.97 Å². The first-order valence-electron chi connectivity index (χ1n) is 6.32. The Morgan fingerprint density at radius 3 is 2.70 bits per heavy atom. The van der Waals surface area contributed by atoms with Crippen LogP contribution in [-0.4, -0.2) is 17.1 Å². The summed E-state index contributed by atoms with van der Waals surface area (Å²) >= 11 is 5.41. The zero-order valence-electron chi connectivity index (χ0n) is 12.1. The molecule has 0 radical (unpaired) electrons. The van der Waals surface area contributed by atoms with Crippen molar-refractivity contribution < 1.29 is 9.53 Å². The largest absolute Gasteiger partial charge is 0.462 e. The fourth-order valence-corrected chi connectivity index (χ4v) is 2.11. The smallest absolute Gasteiger partial charge is 0.348 e. The minimum Gasteiger partial charge on any atom is -0.462 e. The van der Waals surface area contributed by atoms with Crippen molar-refractivity contribution >= 4 is 24.3 Å². The molecule has 0 spiro atoms. The van der Waals surface area contributed by atoms with E-state index in [0.29, 0.717) is 10.2 Å². The van der Waals surface area contributed by atoms with Gasteiger partial charge in [-0.2, -0.15) is 5.26 Å². The fourth-order valence-electron chi connectivity index (χ4n) is 1.65. The Kier molecular flexibility index (Phi) is 5.23. The Labute approximate surface area is 124 Å². The van der Waals surface area contributed by atoms with Crippen molar-refractivity contribution in [1.29, 1.82) is 5.26 Å². The average molecular weight is 290 g/mol. The summed E-state index contributed by atoms with van der Waals surface area (Å²) < 4.78 is 7.34. The van der Waals surface area contributed by atoms with E-state index < -0.39 is 5.97 Å². The number of pyridine rings is 1. The first-order valence-corrected chi connectivity index (χ1v) is 6.73. The molecule has 0 aliphatic carbocycles. The molecule has 0 saturated carbocycles. The number of hydrogen-bond acceptors (Lipinski definition) is 4. The molecule has 0 aliphatic heterocycles. The van der Waals surface area contributed by atoms with E-state index in [2.05, 4.69) is 0 Å². The SMILES string of the molecule is CCOC(=O)/C(C#N)=C\c1cccn(C(C)(C)C)c1=S. The van der Waals surface area contributed by atoms with Crippen LogP contribution in [0.15, 0.2) is 23.9 Å². The van der Waals surface area contributed by atoms with Crippen molar-refractivity contribution in [2.75, 3.05) is 6.61 Å². The Balaban J connectivity index is 3.32. The summed E-state index contributed by atoms with van der Waals surface area (Å²) in [5.74, 6) is -0.629. The van der Waals surface area contributed by atoms with E-state index in [-0.39, 0.29) is 17.7 Å². The summed E-state index contributed by atoms with van der Waals surface area (Å²) in [6.45, 7) is 8.03. The number of aromatic nitrogens is 1. The maximum atomic E-state index is 11.6. The van der Waals surface area contributed by atoms with E-state index in [1.165, 1.54) is 6.08 Å². The van der Waals surface area contributed by atoms with Gasteiger partial charge in [-0.3, -0.25) is 0 Å². The van der Waals surface area contributed by atoms with Crippen LogP contribution in [0.1, 0.15) is 33.3 Å². The van der Waals surface area contributed by atoms with Gasteiger partial charge in [-0.15, -0.1) is 0 Å². The van der Waals surface area contributed by atoms with Crippen LogP contribution >= 0.6 is 12.2 Å². The highest BCUT2D eigenvalue weighted by atomic mass is 32.1. The molecule has 1 heterocycles. The highest BCUT2D eigenvalue weighted by Gasteiger charge is 2.15. The van der Waals surface area contributed by atoms with E-state index in [9.17, 15) is 4.79 Å². The molecule has 0 N–H and O–H groups in total. The normalized spacial score (nSPS) is 11.8. The molecular weight excluding hydrogens is 272 g/mol. The Morgan fingerprint density at radius 2 is 2.20 bits per heavy atom. The third-order valence-electron chi connectivity index (χ3n) is 2.62. The molecule has 0 amide bonds. The summed E-state index contributed by atoms with van der Waals surface area (Å²) in [4.78, 5) is 11.6. The zero-order valence-corrected chi connectivity index (χ0v) is 13.0. The van der Waals surface area contributed by atoms with Gasteiger partial charge in [0.25, 0.3) is 0 Å². The van der Waals surface area contributed by atoms with E-state index in [1.54, 1.807) is 13.0 Å². The molecule has 1 aromatic rings. The molecule has 106 valence electrons. The van der Waals surface area contributed by atoms with Crippen molar-refractivity contribution in [1.82, 2.24) is 4.57 Å². The molecule has 0 saturated heterocycles. The number of ether oxygens (including phenoxy) is 1. The summed E-state index contributed by atoms with van der Waals surface area (Å²) in [5.41, 5.74) is 0.434. The lowest BCUT2D eigenvalue weighted by atomic mass is 10.1. The van der Waals surface area contributed by atoms with Crippen LogP contribution in [0.25, 0.3) is 6.08 Å². The van der Waals surface area contributed by atoms with Crippen molar-refractivity contribution in [3.8, 4) is 6.07 Å². The lowest BCUT2D eigenvalue weighted by Crippen LogP contribution is -2.22. The highest BCUT2D eigenvalue weighted by Crippen LogP contribution is 2.18. The standard InChI is InChI=1S/C15H18N2O2S/c1-5-19-14(18)12(10-16)9-11-7-6-8-17(13(11)20)15(2,3)4/h6-9H,5H2,1-4H3/b12-9-. The Hall–Kier alpha value is -1.93. The van der Waals surface area contributed by atoms with Crippen LogP contribution in [0.2, 0.25) is 0 Å². The van der Waals surface area contributed by atoms with Crippen molar-refractivity contribution in [2.24, 2.45) is 0 Å². The van der Waals surface area contributed by atoms with Gasteiger partial charge in [-0.25, -0.2) is 4.79 Å². The van der Waals surface area contributed by atoms with Crippen molar-refractivity contribution in [3.05, 3.63) is 34.1 Å². The molecule has 0 aromatic carbocycles. The first kappa shape index (κ1) is 16.1. The van der Waals surface area contributed by atoms with E-state index in [4.69, 9.17) is 22.2 Å². The molecule has 4 nitrogen and oxygen atoms in total. The summed E-state index contributed by atoms with van der Waals surface area (Å²) in [6, 6.07) is 5.47. The molecule has 0 aliphatic rings. The summed E-state index contributed by atoms with van der Waals surface area (Å²) in [7, 11) is 0.